The summed E-state index contributed by atoms with van der Waals surface area (Å²) in [4.78, 5) is 12.9. The van der Waals surface area contributed by atoms with Gasteiger partial charge in [-0.25, -0.2) is 4.68 Å². The summed E-state index contributed by atoms with van der Waals surface area (Å²) in [6.45, 7) is 7.94. The fourth-order valence-electron chi connectivity index (χ4n) is 3.06. The molecule has 1 aromatic heterocycles. The zero-order valence-electron chi connectivity index (χ0n) is 13.6. The number of benzene rings is 1. The van der Waals surface area contributed by atoms with Crippen LogP contribution in [0.2, 0.25) is 0 Å². The number of rotatable bonds is 6. The van der Waals surface area contributed by atoms with Crippen molar-refractivity contribution in [2.24, 2.45) is 0 Å². The first-order chi connectivity index (χ1) is 11.2. The third-order valence-electron chi connectivity index (χ3n) is 4.12. The summed E-state index contributed by atoms with van der Waals surface area (Å²) in [6, 6.07) is 5.98. The van der Waals surface area contributed by atoms with Gasteiger partial charge in [0.25, 0.3) is 5.56 Å². The summed E-state index contributed by atoms with van der Waals surface area (Å²) in [7, 11) is 0. The Morgan fingerprint density at radius 2 is 2.17 bits per heavy atom. The fourth-order valence-corrected chi connectivity index (χ4v) is 3.06. The average molecular weight is 309 g/mol. The molecule has 0 fully saturated rings. The van der Waals surface area contributed by atoms with Crippen molar-refractivity contribution in [2.45, 2.75) is 32.9 Å². The molecule has 0 aliphatic heterocycles. The molecule has 0 saturated carbocycles. The van der Waals surface area contributed by atoms with Crippen molar-refractivity contribution < 1.29 is 0 Å². The summed E-state index contributed by atoms with van der Waals surface area (Å²) >= 11 is 0. The highest BCUT2D eigenvalue weighted by molar-refractivity contribution is 5.82. The maximum absolute atomic E-state index is 12.9. The number of anilines is 1. The van der Waals surface area contributed by atoms with Crippen LogP contribution in [-0.4, -0.2) is 15.9 Å². The van der Waals surface area contributed by atoms with E-state index < -0.39 is 0 Å². The van der Waals surface area contributed by atoms with Gasteiger partial charge in [-0.2, -0.15) is 0 Å². The van der Waals surface area contributed by atoms with Crippen LogP contribution in [0, 0.1) is 0 Å². The first-order valence-corrected chi connectivity index (χ1v) is 8.18. The third kappa shape index (κ3) is 3.02. The van der Waals surface area contributed by atoms with E-state index in [2.05, 4.69) is 30.1 Å². The maximum atomic E-state index is 12.9. The molecule has 0 spiro atoms. The van der Waals surface area contributed by atoms with Crippen LogP contribution in [0.1, 0.15) is 19.8 Å². The molecular formula is C19H23N3O. The molecule has 0 bridgehead atoms. The second-order valence-electron chi connectivity index (χ2n) is 5.75. The Morgan fingerprint density at radius 3 is 2.87 bits per heavy atom. The first-order valence-electron chi connectivity index (χ1n) is 8.18. The molecule has 1 N–H and O–H groups in total. The van der Waals surface area contributed by atoms with Crippen molar-refractivity contribution in [3.05, 3.63) is 65.0 Å². The number of hydrogen-bond acceptors (Lipinski definition) is 2. The van der Waals surface area contributed by atoms with E-state index in [-0.39, 0.29) is 5.56 Å². The molecule has 120 valence electrons. The summed E-state index contributed by atoms with van der Waals surface area (Å²) in [5.74, 6) is 0. The van der Waals surface area contributed by atoms with E-state index in [0.717, 1.165) is 36.0 Å². The monoisotopic (exact) mass is 309 g/mol. The molecule has 0 unspecified atom stereocenters. The van der Waals surface area contributed by atoms with Crippen LogP contribution in [0.5, 0.6) is 0 Å². The molecule has 0 saturated heterocycles. The molecule has 4 heteroatoms. The standard InChI is InChI=1S/C19H23N3O/c1-3-12-21-18-11-10-16(20-4-2)13-17(18)19(23)22(21)14-15-8-6-5-7-9-15/h3,6,8-11,13,20H,1,4-5,7,12,14H2,2H3. The van der Waals surface area contributed by atoms with Gasteiger partial charge in [0.05, 0.1) is 24.0 Å². The first kappa shape index (κ1) is 15.4. The normalized spacial score (nSPS) is 14.0. The zero-order chi connectivity index (χ0) is 16.2. The summed E-state index contributed by atoms with van der Waals surface area (Å²) in [5.41, 5.74) is 3.19. The van der Waals surface area contributed by atoms with Gasteiger partial charge in [-0.3, -0.25) is 9.48 Å². The molecule has 1 aliphatic carbocycles. The molecule has 0 amide bonds. The van der Waals surface area contributed by atoms with Gasteiger partial charge in [-0.05, 0) is 43.5 Å². The van der Waals surface area contributed by atoms with E-state index in [0.29, 0.717) is 13.1 Å². The highest BCUT2D eigenvalue weighted by Crippen LogP contribution is 2.19. The lowest BCUT2D eigenvalue weighted by Crippen LogP contribution is -2.23. The van der Waals surface area contributed by atoms with Crippen LogP contribution in [0.15, 0.2) is 59.4 Å². The zero-order valence-corrected chi connectivity index (χ0v) is 13.6. The van der Waals surface area contributed by atoms with Crippen molar-refractivity contribution in [3.63, 3.8) is 0 Å². The topological polar surface area (TPSA) is 39.0 Å². The second kappa shape index (κ2) is 6.73. The lowest BCUT2D eigenvalue weighted by Gasteiger charge is -2.13. The molecule has 0 radical (unpaired) electrons. The van der Waals surface area contributed by atoms with Crippen molar-refractivity contribution >= 4 is 16.6 Å². The Hall–Kier alpha value is -2.49. The number of nitrogens with one attached hydrogen (secondary N) is 1. The van der Waals surface area contributed by atoms with Crippen molar-refractivity contribution in [2.75, 3.05) is 11.9 Å². The van der Waals surface area contributed by atoms with Crippen LogP contribution >= 0.6 is 0 Å². The van der Waals surface area contributed by atoms with E-state index in [1.807, 2.05) is 40.6 Å². The smallest absolute Gasteiger partial charge is 0.274 e. The SMILES string of the molecule is C=CCn1c2ccc(NCC)cc2c(=O)n1CC1=CCCC=C1. The van der Waals surface area contributed by atoms with Gasteiger partial charge in [-0.1, -0.05) is 24.3 Å². The second-order valence-corrected chi connectivity index (χ2v) is 5.75. The largest absolute Gasteiger partial charge is 0.385 e. The lowest BCUT2D eigenvalue weighted by atomic mass is 10.1. The van der Waals surface area contributed by atoms with Crippen LogP contribution in [0.25, 0.3) is 10.9 Å². The van der Waals surface area contributed by atoms with Crippen LogP contribution < -0.4 is 10.9 Å². The summed E-state index contributed by atoms with van der Waals surface area (Å²) < 4.78 is 3.84. The van der Waals surface area contributed by atoms with Crippen molar-refractivity contribution in [1.29, 1.82) is 0 Å². The Bertz CT molecular complexity index is 836. The molecule has 1 aliphatic rings. The Balaban J connectivity index is 2.10. The fraction of sp³-hybridized carbons (Fsp3) is 0.316. The molecule has 23 heavy (non-hydrogen) atoms. The van der Waals surface area contributed by atoms with E-state index >= 15 is 0 Å². The number of nitrogens with zero attached hydrogens (tertiary/aromatic N) is 2. The van der Waals surface area contributed by atoms with E-state index in [1.165, 1.54) is 5.57 Å². The summed E-state index contributed by atoms with van der Waals surface area (Å²) in [5, 5.41) is 4.02. The van der Waals surface area contributed by atoms with Gasteiger partial charge in [0.2, 0.25) is 0 Å². The van der Waals surface area contributed by atoms with Gasteiger partial charge < -0.3 is 5.32 Å². The summed E-state index contributed by atoms with van der Waals surface area (Å²) in [6.07, 6.45) is 10.5. The maximum Gasteiger partial charge on any atom is 0.274 e. The molecule has 2 aromatic rings. The Labute approximate surface area is 136 Å². The van der Waals surface area contributed by atoms with Gasteiger partial charge in [-0.15, -0.1) is 6.58 Å². The molecule has 4 nitrogen and oxygen atoms in total. The molecule has 3 rings (SSSR count). The average Bonchev–Trinajstić information content (AvgIpc) is 2.82. The highest BCUT2D eigenvalue weighted by Gasteiger charge is 2.14. The van der Waals surface area contributed by atoms with Crippen LogP contribution in [0.3, 0.4) is 0 Å². The predicted octanol–water partition coefficient (Wildman–Crippen LogP) is 3.70. The number of hydrogen-bond donors (Lipinski definition) is 1. The lowest BCUT2D eigenvalue weighted by molar-refractivity contribution is 0.520. The highest BCUT2D eigenvalue weighted by atomic mass is 16.1. The van der Waals surface area contributed by atoms with Crippen LogP contribution in [-0.2, 0) is 13.1 Å². The molecule has 1 aromatic carbocycles. The van der Waals surface area contributed by atoms with Gasteiger partial charge in [0, 0.05) is 12.2 Å². The predicted molar refractivity (Wildman–Crippen MR) is 97.0 cm³/mol. The van der Waals surface area contributed by atoms with Gasteiger partial charge >= 0.3 is 0 Å². The number of allylic oxidation sites excluding steroid dienone is 5. The van der Waals surface area contributed by atoms with E-state index in [9.17, 15) is 4.79 Å². The third-order valence-corrected chi connectivity index (χ3v) is 4.12. The van der Waals surface area contributed by atoms with E-state index in [4.69, 9.17) is 0 Å². The minimum Gasteiger partial charge on any atom is -0.385 e. The van der Waals surface area contributed by atoms with Gasteiger partial charge in [0.1, 0.15) is 0 Å². The van der Waals surface area contributed by atoms with Crippen LogP contribution in [0.4, 0.5) is 5.69 Å². The molecular weight excluding hydrogens is 286 g/mol. The quantitative estimate of drug-likeness (QED) is 0.826. The van der Waals surface area contributed by atoms with Crippen molar-refractivity contribution in [3.8, 4) is 0 Å². The van der Waals surface area contributed by atoms with Crippen molar-refractivity contribution in [1.82, 2.24) is 9.36 Å². The number of aromatic nitrogens is 2. The minimum absolute atomic E-state index is 0.0569. The van der Waals surface area contributed by atoms with Gasteiger partial charge in [0.15, 0.2) is 0 Å². The van der Waals surface area contributed by atoms with E-state index in [1.54, 1.807) is 0 Å². The molecule has 0 atom stereocenters. The Kier molecular flexibility index (Phi) is 4.51. The number of fused-ring (bicyclic) bond motifs is 1. The molecule has 1 heterocycles. The minimum atomic E-state index is 0.0569. The Morgan fingerprint density at radius 1 is 1.30 bits per heavy atom.